The average molecular weight is 312 g/mol. The summed E-state index contributed by atoms with van der Waals surface area (Å²) in [4.78, 5) is 0. The van der Waals surface area contributed by atoms with Crippen LogP contribution in [-0.4, -0.2) is 5.11 Å². The van der Waals surface area contributed by atoms with Crippen LogP contribution in [-0.2, 0) is 19.7 Å². The lowest BCUT2D eigenvalue weighted by atomic mass is 10.1. The topological polar surface area (TPSA) is 32.3 Å². The second kappa shape index (κ2) is 6.31. The third kappa shape index (κ3) is 3.92. The van der Waals surface area contributed by atoms with E-state index in [9.17, 15) is 0 Å². The van der Waals surface area contributed by atoms with E-state index in [0.717, 1.165) is 18.7 Å². The summed E-state index contributed by atoms with van der Waals surface area (Å²) in [6.45, 7) is 1.83. The molecular formula is C13H14BrNOS. The first-order chi connectivity index (χ1) is 8.28. The van der Waals surface area contributed by atoms with Crippen LogP contribution in [0.25, 0.3) is 0 Å². The van der Waals surface area contributed by atoms with E-state index in [4.69, 9.17) is 5.11 Å². The lowest BCUT2D eigenvalue weighted by Gasteiger charge is -2.04. The number of rotatable bonds is 5. The molecule has 1 aromatic carbocycles. The summed E-state index contributed by atoms with van der Waals surface area (Å²) in [6, 6.07) is 10.1. The molecule has 0 bridgehead atoms. The Bertz CT molecular complexity index is 467. The standard InChI is InChI=1S/C13H14BrNOS/c14-13-5-12(9-17-13)7-15-6-10-1-3-11(8-16)4-2-10/h1-5,9,15-16H,6-8H2. The molecule has 0 atom stereocenters. The molecule has 0 fully saturated rings. The van der Waals surface area contributed by atoms with Gasteiger partial charge in [0.2, 0.25) is 0 Å². The number of halogens is 1. The van der Waals surface area contributed by atoms with Crippen LogP contribution in [0.1, 0.15) is 16.7 Å². The van der Waals surface area contributed by atoms with Gasteiger partial charge in [0.05, 0.1) is 10.4 Å². The molecule has 0 saturated carbocycles. The molecule has 1 aromatic heterocycles. The maximum Gasteiger partial charge on any atom is 0.0701 e. The van der Waals surface area contributed by atoms with Gasteiger partial charge < -0.3 is 10.4 Å². The molecule has 0 aliphatic rings. The van der Waals surface area contributed by atoms with E-state index in [-0.39, 0.29) is 6.61 Å². The summed E-state index contributed by atoms with van der Waals surface area (Å²) in [6.07, 6.45) is 0. The minimum Gasteiger partial charge on any atom is -0.392 e. The van der Waals surface area contributed by atoms with Crippen molar-refractivity contribution in [3.8, 4) is 0 Å². The van der Waals surface area contributed by atoms with Gasteiger partial charge in [-0.25, -0.2) is 0 Å². The van der Waals surface area contributed by atoms with E-state index in [1.165, 1.54) is 14.9 Å². The molecule has 2 aromatic rings. The molecule has 2 rings (SSSR count). The second-order valence-electron chi connectivity index (χ2n) is 3.84. The summed E-state index contributed by atoms with van der Waals surface area (Å²) in [5.41, 5.74) is 3.49. The molecule has 17 heavy (non-hydrogen) atoms. The van der Waals surface area contributed by atoms with Crippen molar-refractivity contribution in [1.29, 1.82) is 0 Å². The van der Waals surface area contributed by atoms with Crippen molar-refractivity contribution in [2.24, 2.45) is 0 Å². The van der Waals surface area contributed by atoms with Crippen LogP contribution in [0, 0.1) is 0 Å². The van der Waals surface area contributed by atoms with E-state index in [2.05, 4.69) is 32.7 Å². The van der Waals surface area contributed by atoms with E-state index in [0.29, 0.717) is 0 Å². The number of aliphatic hydroxyl groups is 1. The quantitative estimate of drug-likeness (QED) is 0.888. The van der Waals surface area contributed by atoms with Gasteiger partial charge in [-0.3, -0.25) is 0 Å². The molecule has 4 heteroatoms. The third-order valence-electron chi connectivity index (χ3n) is 2.49. The van der Waals surface area contributed by atoms with Gasteiger partial charge in [0.1, 0.15) is 0 Å². The van der Waals surface area contributed by atoms with Gasteiger partial charge in [-0.1, -0.05) is 24.3 Å². The van der Waals surface area contributed by atoms with Gasteiger partial charge in [-0.15, -0.1) is 11.3 Å². The van der Waals surface area contributed by atoms with Crippen LogP contribution in [0.4, 0.5) is 0 Å². The van der Waals surface area contributed by atoms with Gasteiger partial charge in [-0.05, 0) is 44.1 Å². The lowest BCUT2D eigenvalue weighted by molar-refractivity contribution is 0.282. The molecule has 0 aliphatic carbocycles. The monoisotopic (exact) mass is 311 g/mol. The SMILES string of the molecule is OCc1ccc(CNCc2csc(Br)c2)cc1. The van der Waals surface area contributed by atoms with E-state index in [1.807, 2.05) is 24.3 Å². The minimum atomic E-state index is 0.108. The Balaban J connectivity index is 1.81. The minimum absolute atomic E-state index is 0.108. The van der Waals surface area contributed by atoms with Crippen molar-refractivity contribution in [3.05, 3.63) is 56.2 Å². The van der Waals surface area contributed by atoms with Crippen LogP contribution in [0.3, 0.4) is 0 Å². The van der Waals surface area contributed by atoms with E-state index >= 15 is 0 Å². The molecule has 90 valence electrons. The fraction of sp³-hybridized carbons (Fsp3) is 0.231. The van der Waals surface area contributed by atoms with Gasteiger partial charge in [0.15, 0.2) is 0 Å². The van der Waals surface area contributed by atoms with Gasteiger partial charge >= 0.3 is 0 Å². The highest BCUT2D eigenvalue weighted by Crippen LogP contribution is 2.20. The summed E-state index contributed by atoms with van der Waals surface area (Å²) < 4.78 is 1.17. The van der Waals surface area contributed by atoms with E-state index < -0.39 is 0 Å². The Morgan fingerprint density at radius 2 is 1.71 bits per heavy atom. The van der Waals surface area contributed by atoms with Crippen molar-refractivity contribution in [2.75, 3.05) is 0 Å². The molecule has 0 saturated heterocycles. The Labute approximate surface area is 113 Å². The van der Waals surface area contributed by atoms with Crippen molar-refractivity contribution >= 4 is 27.3 Å². The predicted molar refractivity (Wildman–Crippen MR) is 74.9 cm³/mol. The number of hydrogen-bond acceptors (Lipinski definition) is 3. The van der Waals surface area contributed by atoms with Crippen molar-refractivity contribution in [2.45, 2.75) is 19.7 Å². The van der Waals surface area contributed by atoms with Crippen LogP contribution in [0.15, 0.2) is 39.5 Å². The highest BCUT2D eigenvalue weighted by molar-refractivity contribution is 9.11. The van der Waals surface area contributed by atoms with Crippen molar-refractivity contribution in [1.82, 2.24) is 5.32 Å². The van der Waals surface area contributed by atoms with E-state index in [1.54, 1.807) is 11.3 Å². The molecule has 0 spiro atoms. The second-order valence-corrected chi connectivity index (χ2v) is 6.13. The fourth-order valence-corrected chi connectivity index (χ4v) is 2.76. The predicted octanol–water partition coefficient (Wildman–Crippen LogP) is 3.29. The van der Waals surface area contributed by atoms with Crippen LogP contribution in [0.5, 0.6) is 0 Å². The Hall–Kier alpha value is -0.680. The number of aliphatic hydroxyl groups excluding tert-OH is 1. The first kappa shape index (κ1) is 12.8. The summed E-state index contributed by atoms with van der Waals surface area (Å²) in [7, 11) is 0. The van der Waals surface area contributed by atoms with Crippen LogP contribution >= 0.6 is 27.3 Å². The molecule has 2 N–H and O–H groups in total. The summed E-state index contributed by atoms with van der Waals surface area (Å²) in [5, 5.41) is 14.5. The zero-order valence-electron chi connectivity index (χ0n) is 9.32. The van der Waals surface area contributed by atoms with Gasteiger partial charge in [-0.2, -0.15) is 0 Å². The first-order valence-corrected chi connectivity index (χ1v) is 7.07. The Morgan fingerprint density at radius 1 is 1.06 bits per heavy atom. The summed E-state index contributed by atoms with van der Waals surface area (Å²) >= 11 is 5.16. The normalized spacial score (nSPS) is 10.7. The Kier molecular flexibility index (Phi) is 4.74. The molecule has 1 heterocycles. The highest BCUT2D eigenvalue weighted by Gasteiger charge is 1.97. The highest BCUT2D eigenvalue weighted by atomic mass is 79.9. The average Bonchev–Trinajstić information content (AvgIpc) is 2.76. The Morgan fingerprint density at radius 3 is 2.29 bits per heavy atom. The number of thiophene rings is 1. The maximum atomic E-state index is 8.94. The molecule has 0 aliphatic heterocycles. The number of benzene rings is 1. The molecule has 0 unspecified atom stereocenters. The zero-order chi connectivity index (χ0) is 12.1. The smallest absolute Gasteiger partial charge is 0.0701 e. The van der Waals surface area contributed by atoms with Crippen LogP contribution < -0.4 is 5.32 Å². The molecule has 0 amide bonds. The maximum absolute atomic E-state index is 8.94. The fourth-order valence-electron chi connectivity index (χ4n) is 1.55. The third-order valence-corrected chi connectivity index (χ3v) is 4.04. The largest absolute Gasteiger partial charge is 0.392 e. The van der Waals surface area contributed by atoms with Crippen molar-refractivity contribution < 1.29 is 5.11 Å². The first-order valence-electron chi connectivity index (χ1n) is 5.40. The number of hydrogen-bond donors (Lipinski definition) is 2. The molecule has 0 radical (unpaired) electrons. The molecule has 2 nitrogen and oxygen atoms in total. The molecular weight excluding hydrogens is 298 g/mol. The lowest BCUT2D eigenvalue weighted by Crippen LogP contribution is -2.11. The van der Waals surface area contributed by atoms with Crippen molar-refractivity contribution in [3.63, 3.8) is 0 Å². The van der Waals surface area contributed by atoms with Gasteiger partial charge in [0, 0.05) is 13.1 Å². The van der Waals surface area contributed by atoms with Gasteiger partial charge in [0.25, 0.3) is 0 Å². The zero-order valence-corrected chi connectivity index (χ0v) is 11.7. The summed E-state index contributed by atoms with van der Waals surface area (Å²) in [5.74, 6) is 0. The number of nitrogens with one attached hydrogen (secondary N) is 1. The van der Waals surface area contributed by atoms with Crippen LogP contribution in [0.2, 0.25) is 0 Å².